The number of aliphatic carboxylic acids is 1. The van der Waals surface area contributed by atoms with Crippen LogP contribution in [0, 0.1) is 11.8 Å². The highest BCUT2D eigenvalue weighted by Gasteiger charge is 2.34. The van der Waals surface area contributed by atoms with Gasteiger partial charge in [0.2, 0.25) is 5.91 Å². The minimum atomic E-state index is -0.715. The van der Waals surface area contributed by atoms with Gasteiger partial charge in [0.1, 0.15) is 34.0 Å². The molecule has 7 heterocycles. The Bertz CT molecular complexity index is 2810. The van der Waals surface area contributed by atoms with Crippen LogP contribution in [0.2, 0.25) is 0 Å². The number of anilines is 6. The molecule has 1 fully saturated rings. The molecule has 1 saturated heterocycles. The molecule has 0 spiro atoms. The van der Waals surface area contributed by atoms with Gasteiger partial charge in [0.15, 0.2) is 0 Å². The molecule has 2 aromatic carbocycles. The molecule has 0 bridgehead atoms. The van der Waals surface area contributed by atoms with Crippen molar-refractivity contribution in [1.29, 1.82) is 0 Å². The summed E-state index contributed by atoms with van der Waals surface area (Å²) in [6, 6.07) is 8.66. The molecule has 3 aliphatic heterocycles. The van der Waals surface area contributed by atoms with Gasteiger partial charge in [-0.05, 0) is 103 Å². The highest BCUT2D eigenvalue weighted by atomic mass is 32.1. The summed E-state index contributed by atoms with van der Waals surface area (Å²) >= 11 is 3.31. The molecule has 61 heavy (non-hydrogen) atoms. The van der Waals surface area contributed by atoms with E-state index in [9.17, 15) is 14.7 Å². The number of rotatable bonds is 8. The van der Waals surface area contributed by atoms with E-state index >= 15 is 0 Å². The molecule has 0 unspecified atom stereocenters. The van der Waals surface area contributed by atoms with Gasteiger partial charge in [-0.15, -0.1) is 22.7 Å². The number of carbonyl (C=O) groups is 2. The molecule has 0 saturated carbocycles. The summed E-state index contributed by atoms with van der Waals surface area (Å²) in [6.07, 6.45) is 12.8. The number of aryl methyl sites for hydroxylation is 2. The van der Waals surface area contributed by atoms with E-state index in [1.165, 1.54) is 27.1 Å². The van der Waals surface area contributed by atoms with Crippen LogP contribution in [0.5, 0.6) is 0 Å². The maximum absolute atomic E-state index is 12.8. The van der Waals surface area contributed by atoms with Crippen LogP contribution in [0.15, 0.2) is 46.9 Å². The number of aliphatic imine (C=N–C) groups is 2. The SMILES string of the molecule is CN(C)c1cc2c(cc1Nc1ncnc3sc4c(c13)CC[C@H](C(=O)N1CCC1)C4)C=NC2.CN(C)c1cc2c(cc1Nc1ncnc3sc4c(c13)CC[C@H](C(=O)O)C4)C=NC2. The summed E-state index contributed by atoms with van der Waals surface area (Å²) in [5, 5.41) is 18.7. The largest absolute Gasteiger partial charge is 0.481 e. The Morgan fingerprint density at radius 1 is 0.705 bits per heavy atom. The molecule has 2 atom stereocenters. The number of aromatic nitrogens is 4. The predicted molar refractivity (Wildman–Crippen MR) is 245 cm³/mol. The Morgan fingerprint density at radius 3 is 1.66 bits per heavy atom. The Morgan fingerprint density at radius 2 is 1.20 bits per heavy atom. The zero-order valence-corrected chi connectivity index (χ0v) is 36.3. The second kappa shape index (κ2) is 15.8. The number of nitrogens with one attached hydrogen (secondary N) is 2. The van der Waals surface area contributed by atoms with Crippen molar-refractivity contribution in [1.82, 2.24) is 24.8 Å². The fourth-order valence-electron chi connectivity index (χ4n) is 9.12. The quantitative estimate of drug-likeness (QED) is 0.140. The molecular formula is C45H47N11O3S2. The fraction of sp³-hybridized carbons (Fsp3) is 0.378. The van der Waals surface area contributed by atoms with Gasteiger partial charge in [0.25, 0.3) is 0 Å². The Labute approximate surface area is 361 Å². The van der Waals surface area contributed by atoms with E-state index in [1.807, 2.05) is 31.4 Å². The zero-order valence-electron chi connectivity index (χ0n) is 34.7. The lowest BCUT2D eigenvalue weighted by Crippen LogP contribution is -2.46. The van der Waals surface area contributed by atoms with Gasteiger partial charge in [0.05, 0.1) is 52.5 Å². The first-order valence-electron chi connectivity index (χ1n) is 20.8. The summed E-state index contributed by atoms with van der Waals surface area (Å²) < 4.78 is 0. The maximum Gasteiger partial charge on any atom is 0.306 e. The first-order valence-corrected chi connectivity index (χ1v) is 22.5. The third-order valence-electron chi connectivity index (χ3n) is 12.5. The molecule has 11 rings (SSSR count). The number of fused-ring (bicyclic) bond motifs is 8. The summed E-state index contributed by atoms with van der Waals surface area (Å²) in [6.45, 7) is 3.31. The summed E-state index contributed by atoms with van der Waals surface area (Å²) in [5.41, 5.74) is 11.4. The van der Waals surface area contributed by atoms with E-state index in [-0.39, 0.29) is 11.8 Å². The van der Waals surface area contributed by atoms with E-state index in [1.54, 1.807) is 35.3 Å². The number of carboxylic acids is 1. The van der Waals surface area contributed by atoms with E-state index in [2.05, 4.69) is 88.7 Å². The standard InChI is InChI=1S/C24H26N6OS.C21H21N5O2S/c1-29(2)19-9-16-12-25-11-15(16)8-18(19)28-22-21-17-5-4-14(24(31)30-6-3-7-30)10-20(17)32-23(21)27-13-26-22;1-26(2)16-6-13-9-22-8-12(13)5-15(16)25-19-18-14-4-3-11(21(27)28)7-17(14)29-20(18)24-10-23-19/h8-9,11,13-14H,3-7,10,12H2,1-2H3,(H,26,27,28);5-6,8,10-11H,3-4,7,9H2,1-2H3,(H,27,28)(H,23,24,25)/t14-;11-/m00/s1. The van der Waals surface area contributed by atoms with Gasteiger partial charge in [-0.3, -0.25) is 19.6 Å². The summed E-state index contributed by atoms with van der Waals surface area (Å²) in [5.74, 6) is 1.04. The van der Waals surface area contributed by atoms with Crippen molar-refractivity contribution in [2.75, 3.05) is 61.7 Å². The minimum absolute atomic E-state index is 0.108. The number of amides is 1. The van der Waals surface area contributed by atoms with Crippen LogP contribution in [0.25, 0.3) is 20.4 Å². The van der Waals surface area contributed by atoms with Crippen LogP contribution in [-0.2, 0) is 48.4 Å². The second-order valence-corrected chi connectivity index (χ2v) is 19.0. The molecule has 2 aliphatic carbocycles. The van der Waals surface area contributed by atoms with Gasteiger partial charge in [0, 0.05) is 69.4 Å². The fourth-order valence-corrected chi connectivity index (χ4v) is 11.7. The second-order valence-electron chi connectivity index (χ2n) is 16.8. The van der Waals surface area contributed by atoms with Crippen molar-refractivity contribution in [3.05, 3.63) is 80.1 Å². The Hall–Kier alpha value is -6.00. The van der Waals surface area contributed by atoms with Crippen LogP contribution in [0.4, 0.5) is 34.4 Å². The molecule has 312 valence electrons. The van der Waals surface area contributed by atoms with Crippen molar-refractivity contribution in [2.24, 2.45) is 21.8 Å². The third kappa shape index (κ3) is 7.24. The van der Waals surface area contributed by atoms with Crippen LogP contribution in [-0.4, -0.2) is 95.5 Å². The lowest BCUT2D eigenvalue weighted by Gasteiger charge is -2.35. The zero-order chi connectivity index (χ0) is 41.9. The first-order chi connectivity index (χ1) is 29.6. The normalized spacial score (nSPS) is 18.1. The van der Waals surface area contributed by atoms with Crippen molar-refractivity contribution < 1.29 is 14.7 Å². The number of likely N-dealkylation sites (tertiary alicyclic amines) is 1. The summed E-state index contributed by atoms with van der Waals surface area (Å²) in [4.78, 5) is 61.8. The minimum Gasteiger partial charge on any atom is -0.481 e. The number of carbonyl (C=O) groups excluding carboxylic acids is 1. The Kier molecular flexibility index (Phi) is 10.1. The van der Waals surface area contributed by atoms with Gasteiger partial charge in [-0.25, -0.2) is 19.9 Å². The van der Waals surface area contributed by atoms with Crippen molar-refractivity contribution in [3.63, 3.8) is 0 Å². The predicted octanol–water partition coefficient (Wildman–Crippen LogP) is 7.39. The van der Waals surface area contributed by atoms with E-state index in [0.29, 0.717) is 18.7 Å². The average molecular weight is 854 g/mol. The number of carboxylic acid groups (broad SMARTS) is 1. The number of thiophene rings is 2. The van der Waals surface area contributed by atoms with Crippen LogP contribution in [0.1, 0.15) is 62.4 Å². The van der Waals surface area contributed by atoms with Crippen molar-refractivity contribution in [2.45, 2.75) is 58.0 Å². The van der Waals surface area contributed by atoms with Crippen LogP contribution >= 0.6 is 22.7 Å². The maximum atomic E-state index is 12.8. The number of hydrogen-bond acceptors (Lipinski definition) is 14. The highest BCUT2D eigenvalue weighted by molar-refractivity contribution is 7.19. The number of nitrogens with zero attached hydrogens (tertiary/aromatic N) is 9. The molecule has 14 nitrogen and oxygen atoms in total. The number of hydrogen-bond donors (Lipinski definition) is 3. The molecule has 6 aromatic rings. The van der Waals surface area contributed by atoms with E-state index < -0.39 is 5.97 Å². The highest BCUT2D eigenvalue weighted by Crippen LogP contribution is 2.44. The molecule has 0 radical (unpaired) electrons. The van der Waals surface area contributed by atoms with Gasteiger partial charge >= 0.3 is 5.97 Å². The topological polar surface area (TPSA) is 164 Å². The monoisotopic (exact) mass is 853 g/mol. The van der Waals surface area contributed by atoms with E-state index in [0.717, 1.165) is 129 Å². The molecule has 16 heteroatoms. The molecular weight excluding hydrogens is 807 g/mol. The van der Waals surface area contributed by atoms with Crippen LogP contribution in [0.3, 0.4) is 0 Å². The number of benzene rings is 2. The van der Waals surface area contributed by atoms with Gasteiger partial charge in [-0.1, -0.05) is 0 Å². The van der Waals surface area contributed by atoms with Gasteiger partial charge < -0.3 is 30.4 Å². The van der Waals surface area contributed by atoms with Gasteiger partial charge in [-0.2, -0.15) is 0 Å². The smallest absolute Gasteiger partial charge is 0.306 e. The van der Waals surface area contributed by atoms with Crippen molar-refractivity contribution in [3.8, 4) is 0 Å². The molecule has 1 amide bonds. The average Bonchev–Trinajstić information content (AvgIpc) is 4.04. The molecule has 5 aliphatic rings. The van der Waals surface area contributed by atoms with E-state index in [4.69, 9.17) is 0 Å². The molecule has 4 aromatic heterocycles. The Balaban J connectivity index is 0.000000147. The summed E-state index contributed by atoms with van der Waals surface area (Å²) in [7, 11) is 8.16. The van der Waals surface area contributed by atoms with Crippen molar-refractivity contribution >= 4 is 102 Å². The third-order valence-corrected chi connectivity index (χ3v) is 14.9. The lowest BCUT2D eigenvalue weighted by molar-refractivity contribution is -0.142. The molecule has 3 N–H and O–H groups in total. The van der Waals surface area contributed by atoms with Crippen LogP contribution < -0.4 is 20.4 Å². The lowest BCUT2D eigenvalue weighted by atomic mass is 9.86. The first kappa shape index (κ1) is 39.2.